The molecule has 0 atom stereocenters. The van der Waals surface area contributed by atoms with Crippen LogP contribution in [0.3, 0.4) is 0 Å². The first-order chi connectivity index (χ1) is 9.83. The van der Waals surface area contributed by atoms with Gasteiger partial charge in [0.15, 0.2) is 0 Å². The van der Waals surface area contributed by atoms with Crippen LogP contribution >= 0.6 is 0 Å². The van der Waals surface area contributed by atoms with Gasteiger partial charge in [-0.3, -0.25) is 0 Å². The van der Waals surface area contributed by atoms with E-state index < -0.39 is 0 Å². The number of aromatic nitrogens is 2. The number of hydrogen-bond donors (Lipinski definition) is 1. The highest BCUT2D eigenvalue weighted by Crippen LogP contribution is 2.26. The Bertz CT molecular complexity index is 905. The first kappa shape index (κ1) is 11.1. The van der Waals surface area contributed by atoms with Gasteiger partial charge in [0.2, 0.25) is 0 Å². The van der Waals surface area contributed by atoms with Gasteiger partial charge in [-0.05, 0) is 36.4 Å². The van der Waals surface area contributed by atoms with Gasteiger partial charge in [0.1, 0.15) is 17.2 Å². The Labute approximate surface area is 115 Å². The summed E-state index contributed by atoms with van der Waals surface area (Å²) in [7, 11) is 1.66. The second-order valence-corrected chi connectivity index (χ2v) is 4.64. The number of ether oxygens (including phenoxy) is 1. The van der Waals surface area contributed by atoms with Crippen molar-refractivity contribution in [3.63, 3.8) is 0 Å². The molecule has 4 heteroatoms. The number of fused-ring (bicyclic) bond motifs is 2. The fourth-order valence-corrected chi connectivity index (χ4v) is 2.37. The third-order valence-electron chi connectivity index (χ3n) is 3.41. The molecule has 0 bridgehead atoms. The quantitative estimate of drug-likeness (QED) is 0.595. The SMILES string of the molecule is COc1ccc2nc(-c3ccc4occc4c3)[nH]c2c1. The van der Waals surface area contributed by atoms with Crippen LogP contribution in [0, 0.1) is 0 Å². The van der Waals surface area contributed by atoms with E-state index in [9.17, 15) is 0 Å². The van der Waals surface area contributed by atoms with Crippen LogP contribution < -0.4 is 4.74 Å². The molecule has 4 aromatic rings. The largest absolute Gasteiger partial charge is 0.497 e. The topological polar surface area (TPSA) is 51.1 Å². The van der Waals surface area contributed by atoms with Gasteiger partial charge in [-0.15, -0.1) is 0 Å². The Hall–Kier alpha value is -2.75. The third kappa shape index (κ3) is 1.66. The standard InChI is InChI=1S/C16H12N2O2/c1-19-12-3-4-13-14(9-12)18-16(17-13)11-2-5-15-10(8-11)6-7-20-15/h2-9H,1H3,(H,17,18). The van der Waals surface area contributed by atoms with Crippen LogP contribution in [0.25, 0.3) is 33.4 Å². The van der Waals surface area contributed by atoms with Gasteiger partial charge >= 0.3 is 0 Å². The second-order valence-electron chi connectivity index (χ2n) is 4.64. The van der Waals surface area contributed by atoms with E-state index in [-0.39, 0.29) is 0 Å². The predicted octanol–water partition coefficient (Wildman–Crippen LogP) is 3.98. The number of rotatable bonds is 2. The number of hydrogen-bond acceptors (Lipinski definition) is 3. The molecule has 0 saturated heterocycles. The van der Waals surface area contributed by atoms with Crippen molar-refractivity contribution in [3.8, 4) is 17.1 Å². The van der Waals surface area contributed by atoms with Gasteiger partial charge in [0.25, 0.3) is 0 Å². The molecule has 4 nitrogen and oxygen atoms in total. The van der Waals surface area contributed by atoms with Gasteiger partial charge < -0.3 is 14.1 Å². The van der Waals surface area contributed by atoms with Crippen LogP contribution in [0.4, 0.5) is 0 Å². The number of nitrogens with zero attached hydrogens (tertiary/aromatic N) is 1. The first-order valence-electron chi connectivity index (χ1n) is 6.35. The van der Waals surface area contributed by atoms with Crippen molar-refractivity contribution in [2.75, 3.05) is 7.11 Å². The van der Waals surface area contributed by atoms with E-state index in [2.05, 4.69) is 16.0 Å². The van der Waals surface area contributed by atoms with E-state index >= 15 is 0 Å². The molecule has 0 amide bonds. The minimum atomic E-state index is 0.818. The molecule has 0 fully saturated rings. The highest BCUT2D eigenvalue weighted by atomic mass is 16.5. The van der Waals surface area contributed by atoms with Crippen molar-refractivity contribution in [1.82, 2.24) is 9.97 Å². The molecule has 1 N–H and O–H groups in total. The first-order valence-corrected chi connectivity index (χ1v) is 6.35. The smallest absolute Gasteiger partial charge is 0.138 e. The molecule has 0 saturated carbocycles. The zero-order chi connectivity index (χ0) is 13.5. The van der Waals surface area contributed by atoms with Gasteiger partial charge in [0, 0.05) is 17.0 Å². The van der Waals surface area contributed by atoms with Crippen LogP contribution in [0.2, 0.25) is 0 Å². The van der Waals surface area contributed by atoms with E-state index in [4.69, 9.17) is 9.15 Å². The summed E-state index contributed by atoms with van der Waals surface area (Å²) < 4.78 is 10.6. The van der Waals surface area contributed by atoms with Gasteiger partial charge in [-0.1, -0.05) is 0 Å². The van der Waals surface area contributed by atoms with Crippen molar-refractivity contribution in [2.24, 2.45) is 0 Å². The summed E-state index contributed by atoms with van der Waals surface area (Å²) in [5, 5.41) is 1.07. The minimum Gasteiger partial charge on any atom is -0.497 e. The maximum absolute atomic E-state index is 5.35. The number of H-pyrrole nitrogens is 1. The van der Waals surface area contributed by atoms with E-state index in [1.807, 2.05) is 36.4 Å². The van der Waals surface area contributed by atoms with Crippen molar-refractivity contribution in [3.05, 3.63) is 48.7 Å². The minimum absolute atomic E-state index is 0.818. The Balaban J connectivity index is 1.87. The highest BCUT2D eigenvalue weighted by Gasteiger charge is 2.07. The summed E-state index contributed by atoms with van der Waals surface area (Å²) >= 11 is 0. The van der Waals surface area contributed by atoms with Crippen molar-refractivity contribution < 1.29 is 9.15 Å². The predicted molar refractivity (Wildman–Crippen MR) is 77.9 cm³/mol. The van der Waals surface area contributed by atoms with Crippen LogP contribution in [0.15, 0.2) is 53.1 Å². The molecule has 0 radical (unpaired) electrons. The lowest BCUT2D eigenvalue weighted by atomic mass is 10.1. The van der Waals surface area contributed by atoms with Gasteiger partial charge in [-0.2, -0.15) is 0 Å². The lowest BCUT2D eigenvalue weighted by Crippen LogP contribution is -1.81. The highest BCUT2D eigenvalue weighted by molar-refractivity contribution is 5.85. The fraction of sp³-hybridized carbons (Fsp3) is 0.0625. The average molecular weight is 264 g/mol. The van der Waals surface area contributed by atoms with E-state index in [1.165, 1.54) is 0 Å². The molecule has 0 aliphatic carbocycles. The summed E-state index contributed by atoms with van der Waals surface area (Å²) in [6.45, 7) is 0. The Morgan fingerprint density at radius 2 is 2.05 bits per heavy atom. The molecule has 2 heterocycles. The summed E-state index contributed by atoms with van der Waals surface area (Å²) in [4.78, 5) is 7.93. The molecule has 0 aliphatic rings. The Kier molecular flexibility index (Phi) is 2.29. The number of nitrogens with one attached hydrogen (secondary N) is 1. The third-order valence-corrected chi connectivity index (χ3v) is 3.41. The molecule has 0 aliphatic heterocycles. The van der Waals surface area contributed by atoms with Crippen LogP contribution in [0.1, 0.15) is 0 Å². The van der Waals surface area contributed by atoms with Crippen molar-refractivity contribution in [2.45, 2.75) is 0 Å². The van der Waals surface area contributed by atoms with Crippen LogP contribution in [-0.4, -0.2) is 17.1 Å². The molecule has 20 heavy (non-hydrogen) atoms. The maximum Gasteiger partial charge on any atom is 0.138 e. The molecular weight excluding hydrogens is 252 g/mol. The van der Waals surface area contributed by atoms with Crippen molar-refractivity contribution in [1.29, 1.82) is 0 Å². The molecule has 4 rings (SSSR count). The summed E-state index contributed by atoms with van der Waals surface area (Å²) in [6.07, 6.45) is 1.69. The average Bonchev–Trinajstić information content (AvgIpc) is 3.11. The normalized spacial score (nSPS) is 11.2. The monoisotopic (exact) mass is 264 g/mol. The number of imidazole rings is 1. The molecule has 2 aromatic heterocycles. The summed E-state index contributed by atoms with van der Waals surface area (Å²) in [5.74, 6) is 1.66. The number of aromatic amines is 1. The Morgan fingerprint density at radius 3 is 2.95 bits per heavy atom. The van der Waals surface area contributed by atoms with E-state index in [1.54, 1.807) is 13.4 Å². The van der Waals surface area contributed by atoms with Crippen molar-refractivity contribution >= 4 is 22.0 Å². The second kappa shape index (κ2) is 4.13. The lowest BCUT2D eigenvalue weighted by molar-refractivity contribution is 0.415. The summed E-state index contributed by atoms with van der Waals surface area (Å²) in [5.41, 5.74) is 3.81. The van der Waals surface area contributed by atoms with Crippen LogP contribution in [0.5, 0.6) is 5.75 Å². The molecule has 0 spiro atoms. The summed E-state index contributed by atoms with van der Waals surface area (Å²) in [6, 6.07) is 13.8. The lowest BCUT2D eigenvalue weighted by Gasteiger charge is -1.97. The van der Waals surface area contributed by atoms with Crippen LogP contribution in [-0.2, 0) is 0 Å². The molecule has 0 unspecified atom stereocenters. The van der Waals surface area contributed by atoms with Gasteiger partial charge in [0.05, 0.1) is 24.4 Å². The zero-order valence-corrected chi connectivity index (χ0v) is 10.9. The van der Waals surface area contributed by atoms with E-state index in [0.29, 0.717) is 0 Å². The fourth-order valence-electron chi connectivity index (χ4n) is 2.37. The number of furan rings is 1. The number of methoxy groups -OCH3 is 1. The molecule has 2 aromatic carbocycles. The van der Waals surface area contributed by atoms with E-state index in [0.717, 1.165) is 39.1 Å². The maximum atomic E-state index is 5.35. The molecule has 98 valence electrons. The zero-order valence-electron chi connectivity index (χ0n) is 10.9. The number of benzene rings is 2. The Morgan fingerprint density at radius 1 is 1.10 bits per heavy atom. The molecular formula is C16H12N2O2. The van der Waals surface area contributed by atoms with Gasteiger partial charge in [-0.25, -0.2) is 4.98 Å².